The number of aryl methyl sites for hydroxylation is 1. The van der Waals surface area contributed by atoms with Crippen LogP contribution in [0.25, 0.3) is 10.9 Å². The quantitative estimate of drug-likeness (QED) is 0.749. The van der Waals surface area contributed by atoms with Crippen molar-refractivity contribution in [2.75, 3.05) is 0 Å². The van der Waals surface area contributed by atoms with Crippen molar-refractivity contribution in [2.24, 2.45) is 12.8 Å². The zero-order chi connectivity index (χ0) is 11.9. The molecule has 0 saturated carbocycles. The van der Waals surface area contributed by atoms with Gasteiger partial charge in [-0.3, -0.25) is 4.79 Å². The molecular weight excluding hydrogens is 204 g/mol. The molecule has 0 aliphatic rings. The molecule has 0 radical (unpaired) electrons. The van der Waals surface area contributed by atoms with Crippen LogP contribution in [0.2, 0.25) is 0 Å². The summed E-state index contributed by atoms with van der Waals surface area (Å²) in [6.07, 6.45) is 0. The molecule has 1 heterocycles. The first kappa shape index (κ1) is 10.7. The second-order valence-corrected chi connectivity index (χ2v) is 3.98. The van der Waals surface area contributed by atoms with E-state index in [2.05, 4.69) is 0 Å². The van der Waals surface area contributed by atoms with Crippen LogP contribution < -0.4 is 5.73 Å². The summed E-state index contributed by atoms with van der Waals surface area (Å²) in [6, 6.07) is 6.29. The number of Topliss-reactive ketones (excluding diaryl/α,β-unsaturated/α-hetero) is 1. The van der Waals surface area contributed by atoms with Gasteiger partial charge in [-0.2, -0.15) is 0 Å². The lowest BCUT2D eigenvalue weighted by Crippen LogP contribution is -2.28. The van der Waals surface area contributed by atoms with Gasteiger partial charge in [0.1, 0.15) is 5.75 Å². The SMILES string of the molecule is CC(N)C(=O)c1cc2ccc(O)cc2n1C. The first-order chi connectivity index (χ1) is 7.50. The molecule has 4 heteroatoms. The Morgan fingerprint density at radius 3 is 2.75 bits per heavy atom. The van der Waals surface area contributed by atoms with Gasteiger partial charge in [0.2, 0.25) is 0 Å². The number of rotatable bonds is 2. The predicted octanol–water partition coefficient (Wildman–Crippen LogP) is 1.41. The van der Waals surface area contributed by atoms with E-state index >= 15 is 0 Å². The molecule has 84 valence electrons. The summed E-state index contributed by atoms with van der Waals surface area (Å²) in [5.74, 6) is 0.0895. The van der Waals surface area contributed by atoms with Gasteiger partial charge in [0.25, 0.3) is 0 Å². The van der Waals surface area contributed by atoms with E-state index in [0.717, 1.165) is 10.9 Å². The van der Waals surface area contributed by atoms with Crippen molar-refractivity contribution in [1.82, 2.24) is 4.57 Å². The van der Waals surface area contributed by atoms with Crippen LogP contribution in [0, 0.1) is 0 Å². The fourth-order valence-electron chi connectivity index (χ4n) is 1.79. The summed E-state index contributed by atoms with van der Waals surface area (Å²) in [5.41, 5.74) is 6.96. The minimum atomic E-state index is -0.517. The summed E-state index contributed by atoms with van der Waals surface area (Å²) in [4.78, 5) is 11.8. The van der Waals surface area contributed by atoms with E-state index in [0.29, 0.717) is 5.69 Å². The van der Waals surface area contributed by atoms with Crippen LogP contribution in [0.4, 0.5) is 0 Å². The van der Waals surface area contributed by atoms with Crippen molar-refractivity contribution in [1.29, 1.82) is 0 Å². The summed E-state index contributed by atoms with van der Waals surface area (Å²) >= 11 is 0. The number of aromatic hydroxyl groups is 1. The molecule has 2 rings (SSSR count). The highest BCUT2D eigenvalue weighted by atomic mass is 16.3. The second kappa shape index (κ2) is 3.64. The van der Waals surface area contributed by atoms with E-state index in [4.69, 9.17) is 5.73 Å². The molecule has 3 N–H and O–H groups in total. The molecule has 0 amide bonds. The number of nitrogens with two attached hydrogens (primary N) is 1. The van der Waals surface area contributed by atoms with Crippen LogP contribution in [0.15, 0.2) is 24.3 Å². The number of fused-ring (bicyclic) bond motifs is 1. The standard InChI is InChI=1S/C12H14N2O2/c1-7(13)12(16)11-5-8-3-4-9(15)6-10(8)14(11)2/h3-7,15H,13H2,1-2H3. The van der Waals surface area contributed by atoms with E-state index in [-0.39, 0.29) is 11.5 Å². The van der Waals surface area contributed by atoms with Crippen LogP contribution >= 0.6 is 0 Å². The smallest absolute Gasteiger partial charge is 0.195 e. The van der Waals surface area contributed by atoms with Gasteiger partial charge in [-0.25, -0.2) is 0 Å². The topological polar surface area (TPSA) is 68.2 Å². The minimum absolute atomic E-state index is 0.0989. The molecule has 0 bridgehead atoms. The van der Waals surface area contributed by atoms with E-state index in [1.807, 2.05) is 0 Å². The van der Waals surface area contributed by atoms with Gasteiger partial charge in [0, 0.05) is 18.5 Å². The number of aromatic nitrogens is 1. The zero-order valence-corrected chi connectivity index (χ0v) is 9.27. The van der Waals surface area contributed by atoms with E-state index in [1.54, 1.807) is 42.8 Å². The number of benzene rings is 1. The molecule has 4 nitrogen and oxygen atoms in total. The molecule has 0 aliphatic carbocycles. The highest BCUT2D eigenvalue weighted by Crippen LogP contribution is 2.23. The normalized spacial score (nSPS) is 12.9. The van der Waals surface area contributed by atoms with Crippen LogP contribution in [-0.2, 0) is 7.05 Å². The number of nitrogens with zero attached hydrogens (tertiary/aromatic N) is 1. The van der Waals surface area contributed by atoms with Crippen molar-refractivity contribution in [3.8, 4) is 5.75 Å². The fraction of sp³-hybridized carbons (Fsp3) is 0.250. The summed E-state index contributed by atoms with van der Waals surface area (Å²) < 4.78 is 1.75. The second-order valence-electron chi connectivity index (χ2n) is 3.98. The molecule has 2 aromatic rings. The average molecular weight is 218 g/mol. The maximum absolute atomic E-state index is 11.8. The number of hydrogen-bond donors (Lipinski definition) is 2. The first-order valence-corrected chi connectivity index (χ1v) is 5.09. The highest BCUT2D eigenvalue weighted by Gasteiger charge is 2.16. The summed E-state index contributed by atoms with van der Waals surface area (Å²) in [7, 11) is 1.79. The molecule has 1 unspecified atom stereocenters. The molecule has 0 saturated heterocycles. The van der Waals surface area contributed by atoms with Crippen molar-refractivity contribution in [2.45, 2.75) is 13.0 Å². The molecule has 0 fully saturated rings. The van der Waals surface area contributed by atoms with Crippen LogP contribution in [0.1, 0.15) is 17.4 Å². The number of carbonyl (C=O) groups is 1. The van der Waals surface area contributed by atoms with Gasteiger partial charge >= 0.3 is 0 Å². The fourth-order valence-corrected chi connectivity index (χ4v) is 1.79. The molecule has 0 aliphatic heterocycles. The van der Waals surface area contributed by atoms with Gasteiger partial charge < -0.3 is 15.4 Å². The van der Waals surface area contributed by atoms with Gasteiger partial charge in [-0.15, -0.1) is 0 Å². The van der Waals surface area contributed by atoms with Crippen molar-refractivity contribution < 1.29 is 9.90 Å². The lowest BCUT2D eigenvalue weighted by Gasteiger charge is -2.05. The van der Waals surface area contributed by atoms with Crippen molar-refractivity contribution in [3.63, 3.8) is 0 Å². The largest absolute Gasteiger partial charge is 0.508 e. The predicted molar refractivity (Wildman–Crippen MR) is 62.6 cm³/mol. The lowest BCUT2D eigenvalue weighted by molar-refractivity contribution is 0.0960. The Morgan fingerprint density at radius 2 is 2.12 bits per heavy atom. The van der Waals surface area contributed by atoms with Gasteiger partial charge in [-0.05, 0) is 25.1 Å². The van der Waals surface area contributed by atoms with E-state index in [9.17, 15) is 9.90 Å². The molecular formula is C12H14N2O2. The maximum Gasteiger partial charge on any atom is 0.195 e. The summed E-state index contributed by atoms with van der Waals surface area (Å²) in [5, 5.41) is 10.3. The van der Waals surface area contributed by atoms with Gasteiger partial charge in [0.15, 0.2) is 5.78 Å². The highest BCUT2D eigenvalue weighted by molar-refractivity contribution is 6.02. The monoisotopic (exact) mass is 218 g/mol. The number of ketones is 1. The first-order valence-electron chi connectivity index (χ1n) is 5.09. The van der Waals surface area contributed by atoms with Crippen molar-refractivity contribution >= 4 is 16.7 Å². The van der Waals surface area contributed by atoms with Crippen molar-refractivity contribution in [3.05, 3.63) is 30.0 Å². The third kappa shape index (κ3) is 1.57. The maximum atomic E-state index is 11.8. The van der Waals surface area contributed by atoms with Crippen LogP contribution in [0.5, 0.6) is 5.75 Å². The van der Waals surface area contributed by atoms with Crippen LogP contribution in [0.3, 0.4) is 0 Å². The Bertz CT molecular complexity index is 555. The van der Waals surface area contributed by atoms with Gasteiger partial charge in [-0.1, -0.05) is 0 Å². The number of carbonyl (C=O) groups excluding carboxylic acids is 1. The summed E-state index contributed by atoms with van der Waals surface area (Å²) in [6.45, 7) is 1.66. The third-order valence-electron chi connectivity index (χ3n) is 2.69. The van der Waals surface area contributed by atoms with Gasteiger partial charge in [0.05, 0.1) is 17.3 Å². The molecule has 1 aromatic carbocycles. The molecule has 16 heavy (non-hydrogen) atoms. The Balaban J connectivity index is 2.65. The Hall–Kier alpha value is -1.81. The van der Waals surface area contributed by atoms with E-state index < -0.39 is 6.04 Å². The minimum Gasteiger partial charge on any atom is -0.508 e. The zero-order valence-electron chi connectivity index (χ0n) is 9.27. The Labute approximate surface area is 93.3 Å². The average Bonchev–Trinajstić information content (AvgIpc) is 2.55. The third-order valence-corrected chi connectivity index (χ3v) is 2.69. The molecule has 1 aromatic heterocycles. The number of phenols is 1. The van der Waals surface area contributed by atoms with E-state index in [1.165, 1.54) is 0 Å². The Morgan fingerprint density at radius 1 is 1.44 bits per heavy atom. The Kier molecular flexibility index (Phi) is 2.44. The number of phenolic OH excluding ortho intramolecular Hbond substituents is 1. The lowest BCUT2D eigenvalue weighted by atomic mass is 10.1. The number of hydrogen-bond acceptors (Lipinski definition) is 3. The molecule has 0 spiro atoms. The molecule has 1 atom stereocenters. The van der Waals surface area contributed by atoms with Crippen LogP contribution in [-0.4, -0.2) is 21.5 Å².